The van der Waals surface area contributed by atoms with Crippen LogP contribution >= 0.6 is 0 Å². The lowest BCUT2D eigenvalue weighted by Gasteiger charge is -2.19. The molecule has 0 aromatic heterocycles. The zero-order chi connectivity index (χ0) is 19.7. The number of hydrogen-bond acceptors (Lipinski definition) is 5. The molecule has 2 N–H and O–H groups in total. The molecule has 5 heteroatoms. The SMILES string of the molecule is CC(OC(C)c1ccccc1)c1ccccc1.OCCOCCOCCO. The van der Waals surface area contributed by atoms with E-state index in [0.717, 1.165) is 0 Å². The highest BCUT2D eigenvalue weighted by molar-refractivity contribution is 5.19. The van der Waals surface area contributed by atoms with Crippen LogP contribution in [0.5, 0.6) is 0 Å². The molecule has 150 valence electrons. The minimum absolute atomic E-state index is 0.0417. The molecule has 0 heterocycles. The van der Waals surface area contributed by atoms with E-state index in [1.807, 2.05) is 36.4 Å². The Morgan fingerprint density at radius 1 is 0.630 bits per heavy atom. The van der Waals surface area contributed by atoms with Crippen LogP contribution in [-0.2, 0) is 14.2 Å². The highest BCUT2D eigenvalue weighted by atomic mass is 16.5. The van der Waals surface area contributed by atoms with Gasteiger partial charge < -0.3 is 24.4 Å². The van der Waals surface area contributed by atoms with E-state index in [0.29, 0.717) is 26.4 Å². The van der Waals surface area contributed by atoms with Crippen LogP contribution in [0.1, 0.15) is 37.2 Å². The Kier molecular flexibility index (Phi) is 13.2. The number of aliphatic hydroxyl groups is 2. The van der Waals surface area contributed by atoms with Gasteiger partial charge >= 0.3 is 0 Å². The lowest BCUT2D eigenvalue weighted by Crippen LogP contribution is -2.09. The zero-order valence-corrected chi connectivity index (χ0v) is 16.3. The normalized spacial score (nSPS) is 12.7. The molecule has 2 aromatic carbocycles. The highest BCUT2D eigenvalue weighted by Gasteiger charge is 2.11. The molecule has 0 saturated heterocycles. The van der Waals surface area contributed by atoms with Gasteiger partial charge in [0.2, 0.25) is 0 Å². The predicted octanol–water partition coefficient (Wildman–Crippen LogP) is 3.53. The Balaban J connectivity index is 0.000000314. The lowest BCUT2D eigenvalue weighted by molar-refractivity contribution is 0.00586. The van der Waals surface area contributed by atoms with Crippen molar-refractivity contribution in [2.45, 2.75) is 26.1 Å². The van der Waals surface area contributed by atoms with Crippen LogP contribution in [0.4, 0.5) is 0 Å². The average Bonchev–Trinajstić information content (AvgIpc) is 2.72. The summed E-state index contributed by atoms with van der Waals surface area (Å²) in [5.74, 6) is 0. The van der Waals surface area contributed by atoms with E-state index in [2.05, 4.69) is 38.1 Å². The molecule has 0 aliphatic heterocycles. The van der Waals surface area contributed by atoms with Crippen molar-refractivity contribution in [2.24, 2.45) is 0 Å². The van der Waals surface area contributed by atoms with Crippen molar-refractivity contribution in [1.29, 1.82) is 0 Å². The van der Waals surface area contributed by atoms with Crippen LogP contribution in [0.15, 0.2) is 60.7 Å². The standard InChI is InChI=1S/C16H18O.C6H14O4/c1-13(15-9-5-3-6-10-15)17-14(2)16-11-7-4-8-12-16;7-1-3-9-5-6-10-4-2-8/h3-14H,1-2H3;7-8H,1-6H2. The highest BCUT2D eigenvalue weighted by Crippen LogP contribution is 2.25. The molecule has 0 spiro atoms. The van der Waals surface area contributed by atoms with Gasteiger partial charge in [0.05, 0.1) is 51.8 Å². The van der Waals surface area contributed by atoms with Gasteiger partial charge in [-0.2, -0.15) is 0 Å². The summed E-state index contributed by atoms with van der Waals surface area (Å²) in [5, 5.41) is 16.5. The lowest BCUT2D eigenvalue weighted by atomic mass is 10.1. The number of benzene rings is 2. The van der Waals surface area contributed by atoms with Gasteiger partial charge in [-0.1, -0.05) is 60.7 Å². The largest absolute Gasteiger partial charge is 0.394 e. The fourth-order valence-electron chi connectivity index (χ4n) is 2.36. The van der Waals surface area contributed by atoms with Gasteiger partial charge in [0.15, 0.2) is 0 Å². The Labute approximate surface area is 162 Å². The summed E-state index contributed by atoms with van der Waals surface area (Å²) in [6.45, 7) is 5.91. The number of aliphatic hydroxyl groups excluding tert-OH is 2. The summed E-state index contributed by atoms with van der Waals surface area (Å²) in [6, 6.07) is 20.6. The minimum Gasteiger partial charge on any atom is -0.394 e. The van der Waals surface area contributed by atoms with Gasteiger partial charge in [0.1, 0.15) is 0 Å². The first kappa shape index (κ1) is 23.3. The van der Waals surface area contributed by atoms with Crippen LogP contribution in [0.25, 0.3) is 0 Å². The molecular formula is C22H32O5. The second kappa shape index (κ2) is 15.3. The van der Waals surface area contributed by atoms with Crippen LogP contribution < -0.4 is 0 Å². The first-order chi connectivity index (χ1) is 13.2. The van der Waals surface area contributed by atoms with E-state index in [-0.39, 0.29) is 25.4 Å². The van der Waals surface area contributed by atoms with Crippen LogP contribution in [0, 0.1) is 0 Å². The molecule has 2 unspecified atom stereocenters. The molecule has 0 amide bonds. The summed E-state index contributed by atoms with van der Waals surface area (Å²) in [5.41, 5.74) is 2.44. The Bertz CT molecular complexity index is 510. The summed E-state index contributed by atoms with van der Waals surface area (Å²) >= 11 is 0. The van der Waals surface area contributed by atoms with Gasteiger partial charge in [-0.3, -0.25) is 0 Å². The molecule has 2 atom stereocenters. The van der Waals surface area contributed by atoms with Crippen molar-refractivity contribution in [3.63, 3.8) is 0 Å². The summed E-state index contributed by atoms with van der Waals surface area (Å²) < 4.78 is 15.8. The summed E-state index contributed by atoms with van der Waals surface area (Å²) in [7, 11) is 0. The third kappa shape index (κ3) is 10.9. The fraction of sp³-hybridized carbons (Fsp3) is 0.455. The Hall–Kier alpha value is -1.76. The van der Waals surface area contributed by atoms with Crippen molar-refractivity contribution < 1.29 is 24.4 Å². The molecule has 0 bridgehead atoms. The molecule has 0 aliphatic rings. The zero-order valence-electron chi connectivity index (χ0n) is 16.3. The Morgan fingerprint density at radius 3 is 1.33 bits per heavy atom. The quantitative estimate of drug-likeness (QED) is 0.587. The molecule has 0 aliphatic carbocycles. The molecule has 0 saturated carbocycles. The fourth-order valence-corrected chi connectivity index (χ4v) is 2.36. The Morgan fingerprint density at radius 2 is 1.00 bits per heavy atom. The van der Waals surface area contributed by atoms with E-state index >= 15 is 0 Å². The maximum Gasteiger partial charge on any atom is 0.0805 e. The molecule has 27 heavy (non-hydrogen) atoms. The van der Waals surface area contributed by atoms with Gasteiger partial charge in [0, 0.05) is 0 Å². The summed E-state index contributed by atoms with van der Waals surface area (Å²) in [4.78, 5) is 0. The maximum absolute atomic E-state index is 8.26. The maximum atomic E-state index is 8.26. The van der Waals surface area contributed by atoms with Crippen molar-refractivity contribution in [1.82, 2.24) is 0 Å². The first-order valence-electron chi connectivity index (χ1n) is 9.31. The number of rotatable bonds is 11. The molecule has 2 aromatic rings. The number of ether oxygens (including phenoxy) is 3. The van der Waals surface area contributed by atoms with Crippen molar-refractivity contribution >= 4 is 0 Å². The molecule has 0 fully saturated rings. The van der Waals surface area contributed by atoms with Gasteiger partial charge in [-0.05, 0) is 25.0 Å². The van der Waals surface area contributed by atoms with Crippen LogP contribution in [0.3, 0.4) is 0 Å². The molecule has 0 radical (unpaired) electrons. The van der Waals surface area contributed by atoms with Gasteiger partial charge in [0.25, 0.3) is 0 Å². The van der Waals surface area contributed by atoms with E-state index in [1.165, 1.54) is 11.1 Å². The van der Waals surface area contributed by atoms with E-state index in [9.17, 15) is 0 Å². The topological polar surface area (TPSA) is 68.2 Å². The van der Waals surface area contributed by atoms with Crippen molar-refractivity contribution in [2.75, 3.05) is 39.6 Å². The summed E-state index contributed by atoms with van der Waals surface area (Å²) in [6.07, 6.45) is 0.234. The molecule has 5 nitrogen and oxygen atoms in total. The van der Waals surface area contributed by atoms with E-state index < -0.39 is 0 Å². The van der Waals surface area contributed by atoms with Crippen LogP contribution in [0.2, 0.25) is 0 Å². The monoisotopic (exact) mass is 376 g/mol. The third-order valence-corrected chi connectivity index (χ3v) is 3.79. The smallest absolute Gasteiger partial charge is 0.0805 e. The number of hydrogen-bond donors (Lipinski definition) is 2. The van der Waals surface area contributed by atoms with Crippen molar-refractivity contribution in [3.8, 4) is 0 Å². The van der Waals surface area contributed by atoms with Gasteiger partial charge in [-0.25, -0.2) is 0 Å². The minimum atomic E-state index is 0.0417. The van der Waals surface area contributed by atoms with E-state index in [1.54, 1.807) is 0 Å². The van der Waals surface area contributed by atoms with Gasteiger partial charge in [-0.15, -0.1) is 0 Å². The molecular weight excluding hydrogens is 344 g/mol. The second-order valence-corrected chi connectivity index (χ2v) is 5.91. The van der Waals surface area contributed by atoms with Crippen molar-refractivity contribution in [3.05, 3.63) is 71.8 Å². The third-order valence-electron chi connectivity index (χ3n) is 3.79. The van der Waals surface area contributed by atoms with E-state index in [4.69, 9.17) is 24.4 Å². The predicted molar refractivity (Wildman–Crippen MR) is 107 cm³/mol. The first-order valence-corrected chi connectivity index (χ1v) is 9.31. The van der Waals surface area contributed by atoms with Crippen LogP contribution in [-0.4, -0.2) is 49.9 Å². The average molecular weight is 376 g/mol. The molecule has 2 rings (SSSR count). The second-order valence-electron chi connectivity index (χ2n) is 5.91.